The molecule has 5 atom stereocenters. The Kier molecular flexibility index (Phi) is 16.9. The van der Waals surface area contributed by atoms with Gasteiger partial charge in [-0.05, 0) is 31.6 Å². The second kappa shape index (κ2) is 19.1. The molecule has 0 aromatic heterocycles. The minimum Gasteiger partial charge on any atom is -0.461 e. The number of allylic oxidation sites excluding steroid dienone is 3. The summed E-state index contributed by atoms with van der Waals surface area (Å²) >= 11 is 0. The van der Waals surface area contributed by atoms with Crippen LogP contribution in [0.5, 0.6) is 0 Å². The number of rotatable bonds is 21. The summed E-state index contributed by atoms with van der Waals surface area (Å²) in [5.41, 5.74) is 0. The van der Waals surface area contributed by atoms with Gasteiger partial charge in [0.15, 0.2) is 0 Å². The fraction of sp³-hybridized carbons (Fsp3) is 0.759. The fourth-order valence-corrected chi connectivity index (χ4v) is 4.32. The van der Waals surface area contributed by atoms with Crippen LogP contribution in [0.1, 0.15) is 111 Å². The van der Waals surface area contributed by atoms with E-state index in [9.17, 15) is 14.4 Å². The molecule has 1 amide bonds. The Morgan fingerprint density at radius 1 is 1.03 bits per heavy atom. The number of hydrogen-bond donors (Lipinski definition) is 1. The second-order valence-corrected chi connectivity index (χ2v) is 9.78. The zero-order chi connectivity index (χ0) is 25.9. The van der Waals surface area contributed by atoms with Gasteiger partial charge in [0.05, 0.1) is 5.92 Å². The van der Waals surface area contributed by atoms with Crippen LogP contribution in [0.3, 0.4) is 0 Å². The first kappa shape index (κ1) is 30.9. The van der Waals surface area contributed by atoms with Gasteiger partial charge in [-0.3, -0.25) is 9.59 Å². The van der Waals surface area contributed by atoms with Crippen LogP contribution >= 0.6 is 0 Å². The van der Waals surface area contributed by atoms with Crippen LogP contribution in [-0.2, 0) is 23.9 Å². The first-order valence-corrected chi connectivity index (χ1v) is 13.9. The Morgan fingerprint density at radius 2 is 1.74 bits per heavy atom. The standard InChI is InChI=1S/C29H49NO5/c1-5-8-10-12-13-14-15-16-17-19-24(34-29(33)27(30-22-31)23(4)7-3)21-26-25(28(32)35-26)20-18-11-9-6-2/h13-14,16-17,22-27H,5-12,15,18-21H2,1-4H3,(H,30,31)/b14-13+,17-16+/t23-,24+,25+,26-,27+/m0/s1. The summed E-state index contributed by atoms with van der Waals surface area (Å²) in [4.78, 5) is 36.0. The molecule has 0 bridgehead atoms. The highest BCUT2D eigenvalue weighted by atomic mass is 16.6. The van der Waals surface area contributed by atoms with Crippen molar-refractivity contribution in [3.63, 3.8) is 0 Å². The van der Waals surface area contributed by atoms with Gasteiger partial charge in [0.2, 0.25) is 6.41 Å². The van der Waals surface area contributed by atoms with Crippen molar-refractivity contribution in [3.8, 4) is 0 Å². The van der Waals surface area contributed by atoms with Crippen LogP contribution in [0.2, 0.25) is 0 Å². The minimum absolute atomic E-state index is 0.0328. The first-order valence-electron chi connectivity index (χ1n) is 13.9. The number of amides is 1. The number of ether oxygens (including phenoxy) is 2. The molecule has 0 aliphatic carbocycles. The van der Waals surface area contributed by atoms with E-state index in [1.54, 1.807) is 0 Å². The molecule has 0 saturated carbocycles. The van der Waals surface area contributed by atoms with Gasteiger partial charge < -0.3 is 14.8 Å². The Labute approximate surface area is 213 Å². The van der Waals surface area contributed by atoms with Crippen molar-refractivity contribution in [2.24, 2.45) is 11.8 Å². The number of nitrogens with one attached hydrogen (secondary N) is 1. The van der Waals surface area contributed by atoms with Gasteiger partial charge in [-0.1, -0.05) is 96.9 Å². The summed E-state index contributed by atoms with van der Waals surface area (Å²) in [6.07, 6.45) is 21.2. The third kappa shape index (κ3) is 12.4. The number of cyclic esters (lactones) is 1. The normalized spacial score (nSPS) is 20.3. The SMILES string of the molecule is CCCCC/C=C/C/C=C/C[C@H](C[C@@H]1OC(=O)[C@@H]1CCCCCC)OC(=O)[C@H](NC=O)[C@@H](C)CC. The van der Waals surface area contributed by atoms with Gasteiger partial charge in [0.25, 0.3) is 0 Å². The van der Waals surface area contributed by atoms with Crippen molar-refractivity contribution in [1.29, 1.82) is 0 Å². The van der Waals surface area contributed by atoms with Crippen LogP contribution in [-0.4, -0.2) is 36.6 Å². The van der Waals surface area contributed by atoms with E-state index in [1.807, 2.05) is 19.9 Å². The van der Waals surface area contributed by atoms with Crippen LogP contribution in [0, 0.1) is 11.8 Å². The molecule has 1 aliphatic heterocycles. The number of esters is 2. The number of hydrogen-bond acceptors (Lipinski definition) is 5. The average molecular weight is 492 g/mol. The van der Waals surface area contributed by atoms with E-state index in [4.69, 9.17) is 9.47 Å². The summed E-state index contributed by atoms with van der Waals surface area (Å²) in [5, 5.41) is 2.61. The summed E-state index contributed by atoms with van der Waals surface area (Å²) < 4.78 is 11.3. The molecule has 1 N–H and O–H groups in total. The van der Waals surface area contributed by atoms with Gasteiger partial charge in [-0.2, -0.15) is 0 Å². The highest BCUT2D eigenvalue weighted by Crippen LogP contribution is 2.32. The summed E-state index contributed by atoms with van der Waals surface area (Å²) in [5.74, 6) is -0.706. The molecule has 0 aromatic carbocycles. The van der Waals surface area contributed by atoms with Gasteiger partial charge in [0.1, 0.15) is 18.2 Å². The molecule has 0 unspecified atom stereocenters. The van der Waals surface area contributed by atoms with Crippen molar-refractivity contribution in [2.75, 3.05) is 0 Å². The predicted molar refractivity (Wildman–Crippen MR) is 141 cm³/mol. The number of carbonyl (C=O) groups excluding carboxylic acids is 3. The fourth-order valence-electron chi connectivity index (χ4n) is 4.32. The Hall–Kier alpha value is -2.11. The molecule has 1 saturated heterocycles. The lowest BCUT2D eigenvalue weighted by Gasteiger charge is -2.37. The van der Waals surface area contributed by atoms with Crippen LogP contribution in [0.25, 0.3) is 0 Å². The lowest BCUT2D eigenvalue weighted by Crippen LogP contribution is -2.48. The topological polar surface area (TPSA) is 81.7 Å². The molecule has 1 rings (SSSR count). The monoisotopic (exact) mass is 491 g/mol. The summed E-state index contributed by atoms with van der Waals surface area (Å²) in [6.45, 7) is 8.27. The van der Waals surface area contributed by atoms with Gasteiger partial charge >= 0.3 is 11.9 Å². The maximum absolute atomic E-state index is 12.9. The largest absolute Gasteiger partial charge is 0.461 e. The first-order chi connectivity index (χ1) is 17.0. The second-order valence-electron chi connectivity index (χ2n) is 9.78. The highest BCUT2D eigenvalue weighted by molar-refractivity contribution is 5.79. The predicted octanol–water partition coefficient (Wildman–Crippen LogP) is 6.43. The van der Waals surface area contributed by atoms with E-state index in [0.29, 0.717) is 19.3 Å². The Bertz CT molecular complexity index is 659. The summed E-state index contributed by atoms with van der Waals surface area (Å²) in [7, 11) is 0. The molecule has 35 heavy (non-hydrogen) atoms. The lowest BCUT2D eigenvalue weighted by atomic mass is 9.87. The summed E-state index contributed by atoms with van der Waals surface area (Å²) in [6, 6.07) is -0.677. The molecule has 6 nitrogen and oxygen atoms in total. The molecular formula is C29H49NO5. The maximum Gasteiger partial charge on any atom is 0.329 e. The molecule has 0 aromatic rings. The molecule has 1 heterocycles. The van der Waals surface area contributed by atoms with E-state index in [1.165, 1.54) is 25.7 Å². The van der Waals surface area contributed by atoms with Gasteiger partial charge in [-0.25, -0.2) is 4.79 Å². The van der Waals surface area contributed by atoms with Crippen molar-refractivity contribution in [2.45, 2.75) is 129 Å². The Morgan fingerprint density at radius 3 is 2.40 bits per heavy atom. The molecule has 1 aliphatic rings. The van der Waals surface area contributed by atoms with Crippen LogP contribution in [0.15, 0.2) is 24.3 Å². The highest BCUT2D eigenvalue weighted by Gasteiger charge is 2.43. The van der Waals surface area contributed by atoms with E-state index < -0.39 is 18.1 Å². The zero-order valence-corrected chi connectivity index (χ0v) is 22.5. The Balaban J connectivity index is 2.72. The molecule has 1 fully saturated rings. The smallest absolute Gasteiger partial charge is 0.329 e. The van der Waals surface area contributed by atoms with Crippen molar-refractivity contribution < 1.29 is 23.9 Å². The maximum atomic E-state index is 12.9. The van der Waals surface area contributed by atoms with Gasteiger partial charge in [-0.15, -0.1) is 0 Å². The van der Waals surface area contributed by atoms with Crippen LogP contribution < -0.4 is 5.32 Å². The van der Waals surface area contributed by atoms with E-state index in [-0.39, 0.29) is 23.9 Å². The minimum atomic E-state index is -0.677. The van der Waals surface area contributed by atoms with Crippen molar-refractivity contribution >= 4 is 18.3 Å². The van der Waals surface area contributed by atoms with Gasteiger partial charge in [0, 0.05) is 12.8 Å². The molecular weight excluding hydrogens is 442 g/mol. The molecule has 0 spiro atoms. The third-order valence-corrected chi connectivity index (χ3v) is 6.86. The van der Waals surface area contributed by atoms with Crippen LogP contribution in [0.4, 0.5) is 0 Å². The lowest BCUT2D eigenvalue weighted by molar-refractivity contribution is -0.190. The van der Waals surface area contributed by atoms with Crippen molar-refractivity contribution in [3.05, 3.63) is 24.3 Å². The molecule has 0 radical (unpaired) electrons. The quantitative estimate of drug-likeness (QED) is 0.0865. The third-order valence-electron chi connectivity index (χ3n) is 6.86. The number of carbonyl (C=O) groups is 3. The van der Waals surface area contributed by atoms with E-state index >= 15 is 0 Å². The van der Waals surface area contributed by atoms with E-state index in [0.717, 1.165) is 44.9 Å². The molecule has 200 valence electrons. The van der Waals surface area contributed by atoms with E-state index in [2.05, 4.69) is 37.4 Å². The molecule has 6 heteroatoms. The number of unbranched alkanes of at least 4 members (excludes halogenated alkanes) is 6. The average Bonchev–Trinajstić information content (AvgIpc) is 2.85. The zero-order valence-electron chi connectivity index (χ0n) is 22.5. The van der Waals surface area contributed by atoms with Crippen molar-refractivity contribution in [1.82, 2.24) is 5.32 Å².